The van der Waals surface area contributed by atoms with Gasteiger partial charge in [-0.1, -0.05) is 36.7 Å². The molecule has 174 valence electrons. The van der Waals surface area contributed by atoms with Crippen LogP contribution in [0.3, 0.4) is 0 Å². The van der Waals surface area contributed by atoms with E-state index in [0.717, 1.165) is 35.4 Å². The number of methoxy groups -OCH3 is 1. The molecule has 0 spiro atoms. The Morgan fingerprint density at radius 1 is 1.09 bits per heavy atom. The minimum absolute atomic E-state index is 0.251. The van der Waals surface area contributed by atoms with Gasteiger partial charge in [-0.15, -0.1) is 0 Å². The van der Waals surface area contributed by atoms with Crippen molar-refractivity contribution in [3.05, 3.63) is 71.1 Å². The van der Waals surface area contributed by atoms with Crippen LogP contribution in [0.2, 0.25) is 0 Å². The molecule has 0 saturated carbocycles. The molecule has 0 radical (unpaired) electrons. The number of nitrogens with zero attached hydrogens (tertiary/aromatic N) is 1. The predicted octanol–water partition coefficient (Wildman–Crippen LogP) is 5.71. The minimum Gasteiger partial charge on any atom is -0.493 e. The maximum Gasteiger partial charge on any atom is 0.248 e. The summed E-state index contributed by atoms with van der Waals surface area (Å²) in [6.07, 6.45) is 5.20. The molecule has 0 bridgehead atoms. The third kappa shape index (κ3) is 6.62. The fraction of sp³-hybridized carbons (Fsp3) is 0.308. The minimum atomic E-state index is -0.251. The van der Waals surface area contributed by atoms with Crippen LogP contribution in [-0.4, -0.2) is 24.8 Å². The quantitative estimate of drug-likeness (QED) is 0.298. The number of ether oxygens (including phenoxy) is 3. The number of hydrogen-bond donors (Lipinski definition) is 1. The first kappa shape index (κ1) is 23.9. The molecule has 7 heteroatoms. The molecular formula is C26H30N2O5. The zero-order chi connectivity index (χ0) is 23.6. The fourth-order valence-corrected chi connectivity index (χ4v) is 3.13. The van der Waals surface area contributed by atoms with Crippen LogP contribution in [0.25, 0.3) is 6.08 Å². The molecule has 1 heterocycles. The fourth-order valence-electron chi connectivity index (χ4n) is 3.13. The molecule has 7 nitrogen and oxygen atoms in total. The van der Waals surface area contributed by atoms with Crippen molar-refractivity contribution in [3.63, 3.8) is 0 Å². The number of amides is 1. The average molecular weight is 451 g/mol. The summed E-state index contributed by atoms with van der Waals surface area (Å²) in [7, 11) is 1.58. The largest absolute Gasteiger partial charge is 0.493 e. The van der Waals surface area contributed by atoms with E-state index in [0.29, 0.717) is 36.1 Å². The standard InChI is InChI=1S/C26H30N2O5/c1-5-6-15-31-23-10-8-7-9-22(23)27-26(29)14-12-20-11-13-24(25(16-20)30-4)32-17-21-18(2)28-33-19(21)3/h7-14,16H,5-6,15,17H2,1-4H3,(H,27,29). The van der Waals surface area contributed by atoms with E-state index >= 15 is 0 Å². The lowest BCUT2D eigenvalue weighted by Crippen LogP contribution is -2.09. The topological polar surface area (TPSA) is 82.8 Å². The van der Waals surface area contributed by atoms with Crippen molar-refractivity contribution in [2.24, 2.45) is 0 Å². The Bertz CT molecular complexity index is 1080. The third-order valence-electron chi connectivity index (χ3n) is 5.07. The smallest absolute Gasteiger partial charge is 0.248 e. The zero-order valence-corrected chi connectivity index (χ0v) is 19.5. The van der Waals surface area contributed by atoms with Gasteiger partial charge < -0.3 is 24.1 Å². The molecular weight excluding hydrogens is 420 g/mol. The van der Waals surface area contributed by atoms with Crippen molar-refractivity contribution >= 4 is 17.7 Å². The Labute approximate surface area is 194 Å². The van der Waals surface area contributed by atoms with E-state index in [9.17, 15) is 4.79 Å². The van der Waals surface area contributed by atoms with Crippen LogP contribution in [0.1, 0.15) is 42.3 Å². The van der Waals surface area contributed by atoms with E-state index in [4.69, 9.17) is 18.7 Å². The summed E-state index contributed by atoms with van der Waals surface area (Å²) in [6, 6.07) is 12.9. The lowest BCUT2D eigenvalue weighted by molar-refractivity contribution is -0.111. The van der Waals surface area contributed by atoms with E-state index in [2.05, 4.69) is 17.4 Å². The van der Waals surface area contributed by atoms with E-state index in [1.54, 1.807) is 13.2 Å². The van der Waals surface area contributed by atoms with Crippen LogP contribution < -0.4 is 19.5 Å². The molecule has 0 unspecified atom stereocenters. The molecule has 33 heavy (non-hydrogen) atoms. The third-order valence-corrected chi connectivity index (χ3v) is 5.07. The Morgan fingerprint density at radius 3 is 2.64 bits per heavy atom. The van der Waals surface area contributed by atoms with Gasteiger partial charge in [0.15, 0.2) is 11.5 Å². The summed E-state index contributed by atoms with van der Waals surface area (Å²) >= 11 is 0. The van der Waals surface area contributed by atoms with Gasteiger partial charge in [-0.2, -0.15) is 0 Å². The molecule has 0 aliphatic rings. The van der Waals surface area contributed by atoms with Gasteiger partial charge in [0.1, 0.15) is 18.1 Å². The van der Waals surface area contributed by atoms with Crippen molar-refractivity contribution < 1.29 is 23.5 Å². The molecule has 1 N–H and O–H groups in total. The second kappa shape index (κ2) is 11.8. The molecule has 1 amide bonds. The highest BCUT2D eigenvalue weighted by Crippen LogP contribution is 2.30. The van der Waals surface area contributed by atoms with Crippen LogP contribution in [0.15, 0.2) is 53.1 Å². The van der Waals surface area contributed by atoms with Crippen molar-refractivity contribution in [2.75, 3.05) is 19.0 Å². The van der Waals surface area contributed by atoms with Gasteiger partial charge in [0.05, 0.1) is 30.7 Å². The number of benzene rings is 2. The number of carbonyl (C=O) groups excluding carboxylic acids is 1. The number of aryl methyl sites for hydroxylation is 2. The van der Waals surface area contributed by atoms with E-state index in [1.807, 2.05) is 56.3 Å². The first-order chi connectivity index (χ1) is 16.0. The van der Waals surface area contributed by atoms with Crippen molar-refractivity contribution in [3.8, 4) is 17.2 Å². The maximum absolute atomic E-state index is 12.5. The number of carbonyl (C=O) groups is 1. The lowest BCUT2D eigenvalue weighted by Gasteiger charge is -2.12. The highest BCUT2D eigenvalue weighted by atomic mass is 16.5. The molecule has 2 aromatic carbocycles. The molecule has 0 fully saturated rings. The van der Waals surface area contributed by atoms with Gasteiger partial charge in [-0.25, -0.2) is 0 Å². The van der Waals surface area contributed by atoms with Crippen LogP contribution >= 0.6 is 0 Å². The van der Waals surface area contributed by atoms with Gasteiger partial charge in [-0.3, -0.25) is 4.79 Å². The van der Waals surface area contributed by atoms with Crippen LogP contribution in [0, 0.1) is 13.8 Å². The van der Waals surface area contributed by atoms with Crippen LogP contribution in [0.4, 0.5) is 5.69 Å². The van der Waals surface area contributed by atoms with Crippen molar-refractivity contribution in [1.29, 1.82) is 0 Å². The second-order valence-electron chi connectivity index (χ2n) is 7.52. The van der Waals surface area contributed by atoms with Crippen molar-refractivity contribution in [1.82, 2.24) is 5.16 Å². The number of hydrogen-bond acceptors (Lipinski definition) is 6. The first-order valence-electron chi connectivity index (χ1n) is 10.9. The van der Waals surface area contributed by atoms with E-state index < -0.39 is 0 Å². The molecule has 0 atom stereocenters. The molecule has 0 aliphatic heterocycles. The Hall–Kier alpha value is -3.74. The molecule has 0 saturated heterocycles. The normalized spacial score (nSPS) is 10.9. The number of aromatic nitrogens is 1. The summed E-state index contributed by atoms with van der Waals surface area (Å²) in [5.74, 6) is 2.30. The number of para-hydroxylation sites is 2. The summed E-state index contributed by atoms with van der Waals surface area (Å²) in [5, 5.41) is 6.81. The molecule has 3 aromatic rings. The van der Waals surface area contributed by atoms with Gasteiger partial charge >= 0.3 is 0 Å². The molecule has 0 aliphatic carbocycles. The van der Waals surface area contributed by atoms with Crippen LogP contribution in [0.5, 0.6) is 17.2 Å². The average Bonchev–Trinajstić information content (AvgIpc) is 3.14. The van der Waals surface area contributed by atoms with Gasteiger partial charge in [0.25, 0.3) is 0 Å². The monoisotopic (exact) mass is 450 g/mol. The number of anilines is 1. The summed E-state index contributed by atoms with van der Waals surface area (Å²) < 4.78 is 22.3. The van der Waals surface area contributed by atoms with Gasteiger partial charge in [-0.05, 0) is 56.2 Å². The Morgan fingerprint density at radius 2 is 1.91 bits per heavy atom. The Balaban J connectivity index is 1.63. The molecule has 3 rings (SSSR count). The van der Waals surface area contributed by atoms with Crippen molar-refractivity contribution in [2.45, 2.75) is 40.2 Å². The van der Waals surface area contributed by atoms with E-state index in [-0.39, 0.29) is 5.91 Å². The van der Waals surface area contributed by atoms with E-state index in [1.165, 1.54) is 6.08 Å². The second-order valence-corrected chi connectivity index (χ2v) is 7.52. The number of unbranched alkanes of at least 4 members (excludes halogenated alkanes) is 1. The highest BCUT2D eigenvalue weighted by molar-refractivity contribution is 6.02. The lowest BCUT2D eigenvalue weighted by atomic mass is 10.1. The first-order valence-corrected chi connectivity index (χ1v) is 10.9. The SMILES string of the molecule is CCCCOc1ccccc1NC(=O)C=Cc1ccc(OCc2c(C)noc2C)c(OC)c1. The number of nitrogens with one attached hydrogen (secondary N) is 1. The van der Waals surface area contributed by atoms with Gasteiger partial charge in [0, 0.05) is 6.08 Å². The zero-order valence-electron chi connectivity index (χ0n) is 19.5. The predicted molar refractivity (Wildman–Crippen MR) is 128 cm³/mol. The summed E-state index contributed by atoms with van der Waals surface area (Å²) in [6.45, 7) is 6.78. The molecule has 1 aromatic heterocycles. The van der Waals surface area contributed by atoms with Crippen LogP contribution in [-0.2, 0) is 11.4 Å². The highest BCUT2D eigenvalue weighted by Gasteiger charge is 2.12. The number of rotatable bonds is 11. The van der Waals surface area contributed by atoms with Gasteiger partial charge in [0.2, 0.25) is 5.91 Å². The summed E-state index contributed by atoms with van der Waals surface area (Å²) in [5.41, 5.74) is 3.16. The maximum atomic E-state index is 12.5. The summed E-state index contributed by atoms with van der Waals surface area (Å²) in [4.78, 5) is 12.5. The Kier molecular flexibility index (Phi) is 8.52.